The topological polar surface area (TPSA) is 118 Å². The molecule has 0 saturated carbocycles. The van der Waals surface area contributed by atoms with Gasteiger partial charge in [-0.2, -0.15) is 6.07 Å². The summed E-state index contributed by atoms with van der Waals surface area (Å²) < 4.78 is 22.9. The van der Waals surface area contributed by atoms with Crippen molar-refractivity contribution in [2.75, 3.05) is 17.1 Å². The summed E-state index contributed by atoms with van der Waals surface area (Å²) in [6, 6.07) is 8.50. The first kappa shape index (κ1) is 23.1. The van der Waals surface area contributed by atoms with Crippen molar-refractivity contribution in [2.24, 2.45) is 0 Å². The predicted octanol–water partition coefficient (Wildman–Crippen LogP) is 2.48. The number of phenols is 1. The normalized spacial score (nSPS) is 11.7. The zero-order valence-electron chi connectivity index (χ0n) is 15.0. The zero-order chi connectivity index (χ0) is 19.3. The summed E-state index contributed by atoms with van der Waals surface area (Å²) in [6.45, 7) is 2.91. The van der Waals surface area contributed by atoms with Crippen LogP contribution in [0.3, 0.4) is 0 Å². The molecule has 0 aliphatic rings. The second-order valence-electron chi connectivity index (χ2n) is 5.42. The third-order valence-electron chi connectivity index (χ3n) is 3.49. The molecule has 3 N–H and O–H groups in total. The van der Waals surface area contributed by atoms with Crippen molar-refractivity contribution in [3.63, 3.8) is 0 Å². The van der Waals surface area contributed by atoms with Crippen LogP contribution in [0.2, 0.25) is 0 Å². The number of sulfone groups is 1. The van der Waals surface area contributed by atoms with E-state index in [1.165, 1.54) is 38.4 Å². The summed E-state index contributed by atoms with van der Waals surface area (Å²) >= 11 is 0. The molecular formula is C17H18N3O5SY-. The largest absolute Gasteiger partial charge is 0.531 e. The van der Waals surface area contributed by atoms with Gasteiger partial charge in [0.2, 0.25) is 5.91 Å². The number of carbonyl (C=O) groups is 1. The van der Waals surface area contributed by atoms with Crippen molar-refractivity contribution >= 4 is 27.1 Å². The first-order valence-corrected chi connectivity index (χ1v) is 9.34. The molecule has 0 aliphatic carbocycles. The van der Waals surface area contributed by atoms with Crippen molar-refractivity contribution in [2.45, 2.75) is 13.8 Å². The van der Waals surface area contributed by atoms with Crippen LogP contribution in [0.1, 0.15) is 24.2 Å². The molecule has 141 valence electrons. The van der Waals surface area contributed by atoms with Crippen molar-refractivity contribution in [3.8, 4) is 5.75 Å². The van der Waals surface area contributed by atoms with Gasteiger partial charge in [-0.3, -0.25) is 9.78 Å². The van der Waals surface area contributed by atoms with Crippen molar-refractivity contribution in [3.05, 3.63) is 59.0 Å². The van der Waals surface area contributed by atoms with Crippen LogP contribution in [0.4, 0.5) is 11.4 Å². The quantitative estimate of drug-likeness (QED) is 0.260. The summed E-state index contributed by atoms with van der Waals surface area (Å²) in [4.78, 5) is 21.1. The van der Waals surface area contributed by atoms with Crippen LogP contribution in [0.15, 0.2) is 47.3 Å². The fraction of sp³-hybridized carbons (Fsp3) is 0.176. The molecule has 0 atom stereocenters. The Bertz CT molecular complexity index is 946. The van der Waals surface area contributed by atoms with Gasteiger partial charge in [0.1, 0.15) is 5.76 Å². The number of phenolic OH excluding ortho intramolecular Hbond substituents is 1. The maximum absolute atomic E-state index is 12.1. The van der Waals surface area contributed by atoms with E-state index in [9.17, 15) is 18.3 Å². The second-order valence-corrected chi connectivity index (χ2v) is 7.58. The van der Waals surface area contributed by atoms with Gasteiger partial charge in [0.05, 0.1) is 4.91 Å². The number of hydrogen-bond acceptors (Lipinski definition) is 7. The maximum atomic E-state index is 12.1. The summed E-state index contributed by atoms with van der Waals surface area (Å²) in [6.07, 6.45) is 4.05. The van der Waals surface area contributed by atoms with E-state index >= 15 is 0 Å². The molecule has 0 fully saturated rings. The van der Waals surface area contributed by atoms with E-state index in [0.717, 1.165) is 6.26 Å². The van der Waals surface area contributed by atoms with Gasteiger partial charge >= 0.3 is 0 Å². The SMILES string of the molecule is C/C(ONc1[c-]cc(NC(=O)c2ccncc2)c(O)c1)=C(\C)S(C)(=O)=O.[Y]. The molecule has 0 aliphatic heterocycles. The van der Waals surface area contributed by atoms with Gasteiger partial charge in [-0.05, 0) is 37.4 Å². The van der Waals surface area contributed by atoms with Gasteiger partial charge in [-0.15, -0.1) is 12.1 Å². The number of benzene rings is 1. The number of amides is 1. The third kappa shape index (κ3) is 6.60. The molecule has 1 aromatic heterocycles. The van der Waals surface area contributed by atoms with Gasteiger partial charge in [-0.1, -0.05) is 0 Å². The van der Waals surface area contributed by atoms with Crippen LogP contribution < -0.4 is 10.8 Å². The molecule has 8 nitrogen and oxygen atoms in total. The monoisotopic (exact) mass is 465 g/mol. The van der Waals surface area contributed by atoms with Gasteiger partial charge in [-0.25, -0.2) is 13.9 Å². The number of pyridine rings is 1. The molecule has 0 unspecified atom stereocenters. The number of aromatic nitrogens is 1. The molecule has 1 aromatic carbocycles. The smallest absolute Gasteiger partial charge is 0.245 e. The van der Waals surface area contributed by atoms with Gasteiger partial charge in [0.25, 0.3) is 0 Å². The predicted molar refractivity (Wildman–Crippen MR) is 97.1 cm³/mol. The number of carbonyl (C=O) groups excluding carboxylic acids is 1. The van der Waals surface area contributed by atoms with E-state index in [2.05, 4.69) is 21.8 Å². The number of hydrogen-bond donors (Lipinski definition) is 3. The fourth-order valence-electron chi connectivity index (χ4n) is 1.80. The standard InChI is InChI=1S/C17H18N3O5S.Y/c1-11(12(2)26(3,23)24)25-20-14-4-5-15(16(21)10-14)19-17(22)13-6-8-18-9-7-13;/h5-10,20-21H,1-3H3,(H,19,22);/q-1;/b12-11-;. The molecule has 0 spiro atoms. The number of nitrogens with zero attached hydrogens (tertiary/aromatic N) is 1. The molecule has 0 bridgehead atoms. The number of rotatable bonds is 6. The number of anilines is 2. The van der Waals surface area contributed by atoms with Crippen LogP contribution in [0, 0.1) is 6.07 Å². The second kappa shape index (κ2) is 9.82. The van der Waals surface area contributed by atoms with E-state index in [1.54, 1.807) is 12.1 Å². The van der Waals surface area contributed by atoms with E-state index in [0.29, 0.717) is 5.56 Å². The minimum absolute atomic E-state index is 0. The molecular weight excluding hydrogens is 447 g/mol. The third-order valence-corrected chi connectivity index (χ3v) is 4.89. The van der Waals surface area contributed by atoms with E-state index in [1.807, 2.05) is 0 Å². The first-order valence-electron chi connectivity index (χ1n) is 7.45. The van der Waals surface area contributed by atoms with E-state index < -0.39 is 15.7 Å². The van der Waals surface area contributed by atoms with Crippen LogP contribution in [0.25, 0.3) is 0 Å². The molecule has 2 rings (SSSR count). The molecule has 1 amide bonds. The van der Waals surface area contributed by atoms with Crippen molar-refractivity contribution in [1.82, 2.24) is 4.98 Å². The first-order chi connectivity index (χ1) is 12.2. The minimum Gasteiger partial charge on any atom is -0.531 e. The number of allylic oxidation sites excluding steroid dienone is 2. The molecule has 2 aromatic rings. The van der Waals surface area contributed by atoms with Crippen LogP contribution >= 0.6 is 0 Å². The Kier molecular flexibility index (Phi) is 8.39. The minimum atomic E-state index is -3.36. The van der Waals surface area contributed by atoms with Crippen LogP contribution in [-0.2, 0) is 47.4 Å². The zero-order valence-corrected chi connectivity index (χ0v) is 18.6. The Labute approximate surface area is 182 Å². The van der Waals surface area contributed by atoms with Crippen LogP contribution in [-0.4, -0.2) is 30.7 Å². The Morgan fingerprint density at radius 2 is 1.89 bits per heavy atom. The van der Waals surface area contributed by atoms with Crippen molar-refractivity contribution < 1.29 is 55.9 Å². The summed E-state index contributed by atoms with van der Waals surface area (Å²) in [7, 11) is -3.36. The molecule has 0 saturated heterocycles. The van der Waals surface area contributed by atoms with E-state index in [4.69, 9.17) is 4.84 Å². The fourth-order valence-corrected chi connectivity index (χ4v) is 2.37. The molecule has 1 heterocycles. The summed E-state index contributed by atoms with van der Waals surface area (Å²) in [5.74, 6) is -0.454. The van der Waals surface area contributed by atoms with E-state index in [-0.39, 0.29) is 60.5 Å². The van der Waals surface area contributed by atoms with Gasteiger partial charge in [0.15, 0.2) is 9.84 Å². The Balaban J connectivity index is 0.00000364. The Hall–Kier alpha value is -1.97. The van der Waals surface area contributed by atoms with Crippen LogP contribution in [0.5, 0.6) is 5.75 Å². The maximum Gasteiger partial charge on any atom is 0.245 e. The summed E-state index contributed by atoms with van der Waals surface area (Å²) in [5.41, 5.74) is 3.30. The van der Waals surface area contributed by atoms with Gasteiger partial charge < -0.3 is 15.3 Å². The van der Waals surface area contributed by atoms with Gasteiger partial charge in [0, 0.05) is 62.7 Å². The Morgan fingerprint density at radius 3 is 2.44 bits per heavy atom. The van der Waals surface area contributed by atoms with Crippen molar-refractivity contribution in [1.29, 1.82) is 0 Å². The molecule has 27 heavy (non-hydrogen) atoms. The summed E-state index contributed by atoms with van der Waals surface area (Å²) in [5, 5.41) is 12.6. The molecule has 1 radical (unpaired) electrons. The number of aromatic hydroxyl groups is 1. The number of nitrogens with one attached hydrogen (secondary N) is 2. The Morgan fingerprint density at radius 1 is 1.26 bits per heavy atom. The average molecular weight is 465 g/mol. The average Bonchev–Trinajstić information content (AvgIpc) is 2.61. The molecule has 10 heteroatoms.